The van der Waals surface area contributed by atoms with Gasteiger partial charge in [-0.25, -0.2) is 14.8 Å². The number of thiophene rings is 1. The van der Waals surface area contributed by atoms with E-state index in [4.69, 9.17) is 4.74 Å². The summed E-state index contributed by atoms with van der Waals surface area (Å²) in [5.41, 5.74) is 1.91. The highest BCUT2D eigenvalue weighted by Gasteiger charge is 2.28. The maximum atomic E-state index is 12.5. The molecule has 4 rings (SSSR count). The number of rotatable bonds is 5. The van der Waals surface area contributed by atoms with Crippen molar-refractivity contribution < 1.29 is 14.3 Å². The van der Waals surface area contributed by atoms with Crippen LogP contribution in [0.15, 0.2) is 49.3 Å². The Hall–Kier alpha value is -3.26. The summed E-state index contributed by atoms with van der Waals surface area (Å²) < 4.78 is 5.00. The van der Waals surface area contributed by atoms with Crippen LogP contribution >= 0.6 is 11.3 Å². The third-order valence-corrected chi connectivity index (χ3v) is 6.10. The van der Waals surface area contributed by atoms with Gasteiger partial charge in [0.25, 0.3) is 0 Å². The summed E-state index contributed by atoms with van der Waals surface area (Å²) >= 11 is 1.55. The largest absolute Gasteiger partial charge is 0.467 e. The van der Waals surface area contributed by atoms with E-state index in [1.807, 2.05) is 30.3 Å². The number of nitrogens with one attached hydrogen (secondary N) is 1. The predicted octanol–water partition coefficient (Wildman–Crippen LogP) is 3.09. The fourth-order valence-corrected chi connectivity index (χ4v) is 4.74. The maximum Gasteiger partial charge on any atom is 0.333 e. The number of amides is 1. The second-order valence-corrected chi connectivity index (χ2v) is 7.71. The van der Waals surface area contributed by atoms with Crippen LogP contribution in [0.4, 0.5) is 5.82 Å². The third-order valence-electron chi connectivity index (χ3n) is 4.97. The van der Waals surface area contributed by atoms with Crippen molar-refractivity contribution in [2.45, 2.75) is 19.0 Å². The number of ether oxygens (including phenoxy) is 1. The maximum absolute atomic E-state index is 12.5. The number of esters is 1. The number of hydrogen-bond donors (Lipinski definition) is 1. The Balaban J connectivity index is 1.73. The molecule has 1 atom stereocenters. The van der Waals surface area contributed by atoms with Crippen LogP contribution in [0.5, 0.6) is 0 Å². The molecule has 8 heteroatoms. The SMILES string of the molecule is C=CC(=O)N1CCc2c(sc3ncnc(N[C@H](C(=O)OC)c4ccccc4)c23)C1. The lowest BCUT2D eigenvalue weighted by molar-refractivity contribution is -0.141. The number of benzene rings is 1. The van der Waals surface area contributed by atoms with Gasteiger partial charge >= 0.3 is 5.97 Å². The van der Waals surface area contributed by atoms with E-state index >= 15 is 0 Å². The molecule has 29 heavy (non-hydrogen) atoms. The average Bonchev–Trinajstić information content (AvgIpc) is 3.15. The van der Waals surface area contributed by atoms with Crippen LogP contribution in [-0.4, -0.2) is 40.4 Å². The van der Waals surface area contributed by atoms with Gasteiger partial charge in [-0.05, 0) is 23.6 Å². The van der Waals surface area contributed by atoms with Crippen LogP contribution in [0.25, 0.3) is 10.2 Å². The number of methoxy groups -OCH3 is 1. The highest BCUT2D eigenvalue weighted by atomic mass is 32.1. The molecule has 2 aromatic heterocycles. The zero-order chi connectivity index (χ0) is 20.4. The molecule has 1 N–H and O–H groups in total. The lowest BCUT2D eigenvalue weighted by Gasteiger charge is -2.26. The van der Waals surface area contributed by atoms with Crippen LogP contribution in [-0.2, 0) is 27.3 Å². The van der Waals surface area contributed by atoms with E-state index in [2.05, 4.69) is 21.9 Å². The van der Waals surface area contributed by atoms with Gasteiger partial charge in [-0.2, -0.15) is 0 Å². The fourth-order valence-electron chi connectivity index (χ4n) is 3.53. The number of aromatic nitrogens is 2. The van der Waals surface area contributed by atoms with Crippen molar-refractivity contribution in [3.63, 3.8) is 0 Å². The van der Waals surface area contributed by atoms with Crippen molar-refractivity contribution in [1.82, 2.24) is 14.9 Å². The number of hydrogen-bond acceptors (Lipinski definition) is 7. The standard InChI is InChI=1S/C21H20N4O3S/c1-3-16(26)25-10-9-14-15(11-25)29-20-17(14)19(22-12-23-20)24-18(21(27)28-2)13-7-5-4-6-8-13/h3-8,12,18H,1,9-11H2,2H3,(H,22,23,24)/t18-/m0/s1. The molecule has 0 aliphatic carbocycles. The molecule has 0 unspecified atom stereocenters. The first-order chi connectivity index (χ1) is 14.1. The molecular formula is C21H20N4O3S. The number of fused-ring (bicyclic) bond motifs is 3. The fraction of sp³-hybridized carbons (Fsp3) is 0.238. The summed E-state index contributed by atoms with van der Waals surface area (Å²) in [6.07, 6.45) is 3.52. The van der Waals surface area contributed by atoms with Gasteiger partial charge in [-0.15, -0.1) is 11.3 Å². The van der Waals surface area contributed by atoms with E-state index in [0.717, 1.165) is 26.2 Å². The van der Waals surface area contributed by atoms with Gasteiger partial charge in [0, 0.05) is 11.4 Å². The number of carbonyl (C=O) groups is 2. The normalized spacial score (nSPS) is 14.2. The average molecular weight is 408 g/mol. The Bertz CT molecular complexity index is 1080. The molecule has 3 aromatic rings. The summed E-state index contributed by atoms with van der Waals surface area (Å²) in [5.74, 6) is 0.123. The van der Waals surface area contributed by atoms with Crippen LogP contribution < -0.4 is 5.32 Å². The van der Waals surface area contributed by atoms with Crippen molar-refractivity contribution in [3.05, 3.63) is 65.3 Å². The monoisotopic (exact) mass is 408 g/mol. The molecule has 0 radical (unpaired) electrons. The molecule has 0 spiro atoms. The molecule has 0 saturated heterocycles. The summed E-state index contributed by atoms with van der Waals surface area (Å²) in [4.78, 5) is 37.0. The zero-order valence-electron chi connectivity index (χ0n) is 15.9. The summed E-state index contributed by atoms with van der Waals surface area (Å²) in [7, 11) is 1.37. The molecule has 1 aromatic carbocycles. The first-order valence-electron chi connectivity index (χ1n) is 9.18. The molecule has 0 bridgehead atoms. The first kappa shape index (κ1) is 19.1. The number of anilines is 1. The summed E-state index contributed by atoms with van der Waals surface area (Å²) in [6.45, 7) is 4.71. The van der Waals surface area contributed by atoms with Crippen LogP contribution in [0, 0.1) is 0 Å². The predicted molar refractivity (Wildman–Crippen MR) is 112 cm³/mol. The number of nitrogens with zero attached hydrogens (tertiary/aromatic N) is 3. The molecule has 1 aliphatic rings. The van der Waals surface area contributed by atoms with E-state index in [1.165, 1.54) is 19.5 Å². The van der Waals surface area contributed by atoms with Crippen molar-refractivity contribution in [1.29, 1.82) is 0 Å². The molecule has 0 fully saturated rings. The molecule has 3 heterocycles. The highest BCUT2D eigenvalue weighted by molar-refractivity contribution is 7.19. The van der Waals surface area contributed by atoms with E-state index in [9.17, 15) is 9.59 Å². The Kier molecular flexibility index (Phi) is 5.26. The van der Waals surface area contributed by atoms with Crippen LogP contribution in [0.2, 0.25) is 0 Å². The van der Waals surface area contributed by atoms with Gasteiger partial charge in [-0.1, -0.05) is 36.9 Å². The van der Waals surface area contributed by atoms with Crippen molar-refractivity contribution in [2.75, 3.05) is 19.0 Å². The Labute approximate surface area is 172 Å². The van der Waals surface area contributed by atoms with E-state index < -0.39 is 12.0 Å². The van der Waals surface area contributed by atoms with Crippen molar-refractivity contribution >= 4 is 39.2 Å². The van der Waals surface area contributed by atoms with Crippen LogP contribution in [0.1, 0.15) is 22.0 Å². The van der Waals surface area contributed by atoms with E-state index in [0.29, 0.717) is 25.3 Å². The lowest BCUT2D eigenvalue weighted by atomic mass is 10.0. The Morgan fingerprint density at radius 2 is 2.10 bits per heavy atom. The van der Waals surface area contributed by atoms with Crippen molar-refractivity contribution in [3.8, 4) is 0 Å². The molecule has 1 aliphatic heterocycles. The minimum Gasteiger partial charge on any atom is -0.467 e. The van der Waals surface area contributed by atoms with Crippen LogP contribution in [0.3, 0.4) is 0 Å². The van der Waals surface area contributed by atoms with Gasteiger partial charge < -0.3 is 15.0 Å². The Morgan fingerprint density at radius 3 is 2.83 bits per heavy atom. The van der Waals surface area contributed by atoms with Gasteiger partial charge in [0.05, 0.1) is 19.0 Å². The van der Waals surface area contributed by atoms with Gasteiger partial charge in [-0.3, -0.25) is 4.79 Å². The molecule has 7 nitrogen and oxygen atoms in total. The summed E-state index contributed by atoms with van der Waals surface area (Å²) in [6, 6.07) is 8.70. The van der Waals surface area contributed by atoms with Gasteiger partial charge in [0.2, 0.25) is 5.91 Å². The highest BCUT2D eigenvalue weighted by Crippen LogP contribution is 2.38. The molecule has 0 saturated carbocycles. The first-order valence-corrected chi connectivity index (χ1v) is 10.00. The van der Waals surface area contributed by atoms with Crippen molar-refractivity contribution in [2.24, 2.45) is 0 Å². The Morgan fingerprint density at radius 1 is 1.31 bits per heavy atom. The second kappa shape index (κ2) is 8.00. The minimum absolute atomic E-state index is 0.0765. The van der Waals surface area contributed by atoms with E-state index in [1.54, 1.807) is 16.2 Å². The molecule has 1 amide bonds. The molecule has 148 valence electrons. The minimum atomic E-state index is -0.683. The topological polar surface area (TPSA) is 84.4 Å². The smallest absolute Gasteiger partial charge is 0.333 e. The third kappa shape index (κ3) is 3.58. The molecular weight excluding hydrogens is 388 g/mol. The van der Waals surface area contributed by atoms with Gasteiger partial charge in [0.1, 0.15) is 17.0 Å². The van der Waals surface area contributed by atoms with Gasteiger partial charge in [0.15, 0.2) is 6.04 Å². The summed E-state index contributed by atoms with van der Waals surface area (Å²) in [5, 5.41) is 4.16. The second-order valence-electron chi connectivity index (χ2n) is 6.63. The lowest BCUT2D eigenvalue weighted by Crippen LogP contribution is -2.34. The number of carbonyl (C=O) groups excluding carboxylic acids is 2. The van der Waals surface area contributed by atoms with E-state index in [-0.39, 0.29) is 5.91 Å². The quantitative estimate of drug-likeness (QED) is 0.516. The zero-order valence-corrected chi connectivity index (χ0v) is 16.7.